The van der Waals surface area contributed by atoms with Crippen molar-refractivity contribution in [2.24, 2.45) is 0 Å². The highest BCUT2D eigenvalue weighted by molar-refractivity contribution is 7.15. The molecule has 1 aliphatic rings. The van der Waals surface area contributed by atoms with E-state index in [1.807, 2.05) is 0 Å². The number of anilines is 1. The van der Waals surface area contributed by atoms with Crippen LogP contribution in [0.15, 0.2) is 18.2 Å². The normalized spacial score (nSPS) is 14.7. The largest absolute Gasteiger partial charge is 0.382 e. The molecule has 7 nitrogen and oxygen atoms in total. The van der Waals surface area contributed by atoms with Crippen LogP contribution >= 0.6 is 22.9 Å². The molecule has 1 fully saturated rings. The first kappa shape index (κ1) is 22.4. The molecule has 0 unspecified atom stereocenters. The van der Waals surface area contributed by atoms with E-state index in [0.29, 0.717) is 16.1 Å². The summed E-state index contributed by atoms with van der Waals surface area (Å²) >= 11 is 6.81. The van der Waals surface area contributed by atoms with Gasteiger partial charge in [-0.1, -0.05) is 11.6 Å². The highest BCUT2D eigenvalue weighted by Crippen LogP contribution is 2.30. The molecule has 3 rings (SSSR count). The Balaban J connectivity index is 1.78. The molecular formula is C20H20ClFN2O5S. The van der Waals surface area contributed by atoms with E-state index in [4.69, 9.17) is 21.1 Å². The topological polar surface area (TPSA) is 93.7 Å². The van der Waals surface area contributed by atoms with E-state index in [9.17, 15) is 18.8 Å². The lowest BCUT2D eigenvalue weighted by Crippen LogP contribution is -2.65. The van der Waals surface area contributed by atoms with Crippen LogP contribution < -0.4 is 10.6 Å². The fourth-order valence-corrected chi connectivity index (χ4v) is 4.46. The number of thiophene rings is 1. The van der Waals surface area contributed by atoms with Crippen molar-refractivity contribution in [1.29, 1.82) is 0 Å². The molecule has 30 heavy (non-hydrogen) atoms. The Labute approximate surface area is 181 Å². The predicted octanol–water partition coefficient (Wildman–Crippen LogP) is 3.12. The maximum atomic E-state index is 13.3. The molecule has 0 atom stereocenters. The number of hydrogen-bond acceptors (Lipinski definition) is 6. The number of halogens is 2. The number of methoxy groups -OCH3 is 1. The van der Waals surface area contributed by atoms with Crippen molar-refractivity contribution in [2.45, 2.75) is 19.4 Å². The summed E-state index contributed by atoms with van der Waals surface area (Å²) < 4.78 is 23.6. The number of carbonyl (C=O) groups excluding carboxylic acids is 3. The van der Waals surface area contributed by atoms with E-state index in [1.54, 1.807) is 13.8 Å². The van der Waals surface area contributed by atoms with Gasteiger partial charge in [-0.2, -0.15) is 0 Å². The van der Waals surface area contributed by atoms with Crippen molar-refractivity contribution in [1.82, 2.24) is 5.32 Å². The van der Waals surface area contributed by atoms with Gasteiger partial charge in [0.15, 0.2) is 0 Å². The van der Waals surface area contributed by atoms with Crippen molar-refractivity contribution in [3.05, 3.63) is 49.9 Å². The molecule has 10 heteroatoms. The highest BCUT2D eigenvalue weighted by atomic mass is 35.5. The van der Waals surface area contributed by atoms with Crippen molar-refractivity contribution >= 4 is 46.2 Å². The third-order valence-corrected chi connectivity index (χ3v) is 6.19. The first-order chi connectivity index (χ1) is 14.2. The Hall–Kier alpha value is -2.33. The lowest BCUT2D eigenvalue weighted by molar-refractivity contribution is -0.135. The van der Waals surface area contributed by atoms with E-state index >= 15 is 0 Å². The number of hydrogen-bond donors (Lipinski definition) is 2. The summed E-state index contributed by atoms with van der Waals surface area (Å²) in [6.07, 6.45) is 0. The second kappa shape index (κ2) is 8.81. The zero-order chi connectivity index (χ0) is 22.1. The molecule has 0 saturated carbocycles. The molecule has 2 amide bonds. The van der Waals surface area contributed by atoms with E-state index in [0.717, 1.165) is 17.4 Å². The van der Waals surface area contributed by atoms with E-state index in [2.05, 4.69) is 10.6 Å². The lowest BCUT2D eigenvalue weighted by Gasteiger charge is -2.41. The van der Waals surface area contributed by atoms with Crippen LogP contribution in [-0.4, -0.2) is 50.1 Å². The van der Waals surface area contributed by atoms with Gasteiger partial charge < -0.3 is 20.1 Å². The Morgan fingerprint density at radius 1 is 1.30 bits per heavy atom. The van der Waals surface area contributed by atoms with E-state index in [1.165, 1.54) is 19.2 Å². The van der Waals surface area contributed by atoms with Gasteiger partial charge in [0.2, 0.25) is 0 Å². The minimum absolute atomic E-state index is 0.121. The molecule has 0 radical (unpaired) electrons. The van der Waals surface area contributed by atoms with Crippen LogP contribution in [0.1, 0.15) is 30.5 Å². The monoisotopic (exact) mass is 454 g/mol. The second-order valence-corrected chi connectivity index (χ2v) is 8.69. The van der Waals surface area contributed by atoms with Gasteiger partial charge in [-0.3, -0.25) is 14.4 Å². The summed E-state index contributed by atoms with van der Waals surface area (Å²) in [4.78, 5) is 38.8. The van der Waals surface area contributed by atoms with Gasteiger partial charge in [-0.05, 0) is 37.6 Å². The standard InChI is InChI=1S/C20H20ClFN2O5S/c1-10-15(18(26)23-12-4-5-14(22)13(21)6-12)11(2)30-17(10)16(25)19(27)24-20(7-28-3)8-29-9-20/h4-6H,7-9H2,1-3H3,(H,23,26)(H,24,27). The van der Waals surface area contributed by atoms with Gasteiger partial charge in [0, 0.05) is 17.7 Å². The van der Waals surface area contributed by atoms with Gasteiger partial charge in [0.05, 0.1) is 35.3 Å². The molecule has 0 bridgehead atoms. The fourth-order valence-electron chi connectivity index (χ4n) is 3.19. The molecule has 1 aromatic heterocycles. The molecule has 1 saturated heterocycles. The summed E-state index contributed by atoms with van der Waals surface area (Å²) in [6.45, 7) is 4.04. The van der Waals surface area contributed by atoms with Gasteiger partial charge in [-0.25, -0.2) is 4.39 Å². The maximum absolute atomic E-state index is 13.3. The Morgan fingerprint density at radius 3 is 2.57 bits per heavy atom. The van der Waals surface area contributed by atoms with Crippen molar-refractivity contribution in [2.75, 3.05) is 32.2 Å². The average molecular weight is 455 g/mol. The van der Waals surface area contributed by atoms with E-state index in [-0.39, 0.29) is 35.3 Å². The third kappa shape index (κ3) is 4.39. The number of amides is 2. The number of ether oxygens (including phenoxy) is 2. The van der Waals surface area contributed by atoms with Crippen LogP contribution in [0, 0.1) is 19.7 Å². The van der Waals surface area contributed by atoms with Gasteiger partial charge in [-0.15, -0.1) is 11.3 Å². The number of nitrogens with one attached hydrogen (secondary N) is 2. The Kier molecular flexibility index (Phi) is 6.56. The maximum Gasteiger partial charge on any atom is 0.293 e. The number of rotatable bonds is 7. The minimum Gasteiger partial charge on any atom is -0.382 e. The van der Waals surface area contributed by atoms with Crippen LogP contribution in [0.5, 0.6) is 0 Å². The second-order valence-electron chi connectivity index (χ2n) is 7.06. The quantitative estimate of drug-likeness (QED) is 0.495. The zero-order valence-corrected chi connectivity index (χ0v) is 18.1. The number of aryl methyl sites for hydroxylation is 1. The first-order valence-electron chi connectivity index (χ1n) is 8.97. The van der Waals surface area contributed by atoms with Crippen LogP contribution in [-0.2, 0) is 14.3 Å². The summed E-state index contributed by atoms with van der Waals surface area (Å²) in [7, 11) is 1.50. The number of carbonyl (C=O) groups is 3. The molecule has 2 heterocycles. The molecule has 2 N–H and O–H groups in total. The van der Waals surface area contributed by atoms with Crippen LogP contribution in [0.3, 0.4) is 0 Å². The van der Waals surface area contributed by atoms with E-state index < -0.39 is 29.0 Å². The average Bonchev–Trinajstić information content (AvgIpc) is 2.96. The molecule has 0 spiro atoms. The van der Waals surface area contributed by atoms with Gasteiger partial charge >= 0.3 is 0 Å². The smallest absolute Gasteiger partial charge is 0.293 e. The Bertz CT molecular complexity index is 1020. The van der Waals surface area contributed by atoms with Crippen molar-refractivity contribution < 1.29 is 28.2 Å². The zero-order valence-electron chi connectivity index (χ0n) is 16.6. The molecule has 0 aliphatic carbocycles. The minimum atomic E-state index is -0.781. The fraction of sp³-hybridized carbons (Fsp3) is 0.350. The van der Waals surface area contributed by atoms with Crippen LogP contribution in [0.4, 0.5) is 10.1 Å². The number of Topliss-reactive ketones (excluding diaryl/α,β-unsaturated/α-hetero) is 1. The molecule has 1 aliphatic heterocycles. The molecule has 1 aromatic carbocycles. The van der Waals surface area contributed by atoms with Crippen LogP contribution in [0.2, 0.25) is 5.02 Å². The third-order valence-electron chi connectivity index (χ3n) is 4.70. The highest BCUT2D eigenvalue weighted by Gasteiger charge is 2.42. The molecular weight excluding hydrogens is 435 g/mol. The van der Waals surface area contributed by atoms with Crippen LogP contribution in [0.25, 0.3) is 0 Å². The van der Waals surface area contributed by atoms with Crippen molar-refractivity contribution in [3.8, 4) is 0 Å². The molecule has 2 aromatic rings. The summed E-state index contributed by atoms with van der Waals surface area (Å²) in [6, 6.07) is 3.82. The first-order valence-corrected chi connectivity index (χ1v) is 10.2. The summed E-state index contributed by atoms with van der Waals surface area (Å²) in [5, 5.41) is 5.20. The number of ketones is 1. The Morgan fingerprint density at radius 2 is 2.00 bits per heavy atom. The number of benzene rings is 1. The summed E-state index contributed by atoms with van der Waals surface area (Å²) in [5.41, 5.74) is 0.279. The van der Waals surface area contributed by atoms with Gasteiger partial charge in [0.1, 0.15) is 11.4 Å². The lowest BCUT2D eigenvalue weighted by atomic mass is 9.98. The SMILES string of the molecule is COCC1(NC(=O)C(=O)c2sc(C)c(C(=O)Nc3ccc(F)c(Cl)c3)c2C)COC1. The van der Waals surface area contributed by atoms with Gasteiger partial charge in [0.25, 0.3) is 17.6 Å². The predicted molar refractivity (Wildman–Crippen MR) is 111 cm³/mol. The summed E-state index contributed by atoms with van der Waals surface area (Å²) in [5.74, 6) is -2.59. The molecule has 160 valence electrons. The van der Waals surface area contributed by atoms with Crippen molar-refractivity contribution in [3.63, 3.8) is 0 Å².